The van der Waals surface area contributed by atoms with Gasteiger partial charge in [-0.3, -0.25) is 4.68 Å². The first-order chi connectivity index (χ1) is 7.29. The quantitative estimate of drug-likeness (QED) is 0.862. The van der Waals surface area contributed by atoms with Gasteiger partial charge in [-0.25, -0.2) is 0 Å². The van der Waals surface area contributed by atoms with E-state index in [1.165, 1.54) is 7.05 Å². The van der Waals surface area contributed by atoms with Gasteiger partial charge in [0.15, 0.2) is 5.69 Å². The molecule has 1 heterocycles. The van der Waals surface area contributed by atoms with Crippen molar-refractivity contribution in [2.45, 2.75) is 18.7 Å². The highest BCUT2D eigenvalue weighted by molar-refractivity contribution is 6.30. The summed E-state index contributed by atoms with van der Waals surface area (Å²) in [7, 11) is 1.27. The van der Waals surface area contributed by atoms with Crippen LogP contribution in [0.4, 0.5) is 13.2 Å². The topological polar surface area (TPSA) is 64.1 Å². The molecule has 8 heteroatoms. The maximum Gasteiger partial charge on any atom is 0.435 e. The minimum absolute atomic E-state index is 0.00546. The lowest BCUT2D eigenvalue weighted by atomic mass is 10.1. The molecule has 0 bridgehead atoms. The molecule has 0 aromatic carbocycles. The molecule has 0 fully saturated rings. The summed E-state index contributed by atoms with van der Waals surface area (Å²) in [6, 6.07) is 0. The normalized spacial score (nSPS) is 14.2. The van der Waals surface area contributed by atoms with Crippen molar-refractivity contribution in [2.24, 2.45) is 12.8 Å². The first kappa shape index (κ1) is 13.3. The van der Waals surface area contributed by atoms with Crippen molar-refractivity contribution in [3.05, 3.63) is 16.4 Å². The minimum Gasteiger partial charge on any atom is -0.388 e. The lowest BCUT2D eigenvalue weighted by Crippen LogP contribution is -2.14. The zero-order valence-electron chi connectivity index (χ0n) is 8.42. The molecule has 0 aliphatic carbocycles. The second-order valence-corrected chi connectivity index (χ2v) is 3.63. The van der Waals surface area contributed by atoms with Crippen LogP contribution in [0.15, 0.2) is 0 Å². The Bertz CT molecular complexity index is 377. The maximum atomic E-state index is 12.6. The third-order valence-corrected chi connectivity index (χ3v) is 2.50. The molecule has 3 N–H and O–H groups in total. The van der Waals surface area contributed by atoms with Crippen molar-refractivity contribution in [1.29, 1.82) is 0 Å². The van der Waals surface area contributed by atoms with Gasteiger partial charge in [-0.15, -0.1) is 0 Å². The monoisotopic (exact) mass is 257 g/mol. The molecule has 1 aromatic rings. The summed E-state index contributed by atoms with van der Waals surface area (Å²) in [5.41, 5.74) is 3.59. The Balaban J connectivity index is 3.24. The number of aryl methyl sites for hydroxylation is 1. The standard InChI is InChI=1S/C8H11ClF3N3O/c1-15-7(9)5(4(16)2-3-13)6(14-15)8(10,11)12/h4,16H,2-3,13H2,1H3/t4-/m1/s1. The van der Waals surface area contributed by atoms with E-state index in [1.807, 2.05) is 0 Å². The van der Waals surface area contributed by atoms with E-state index in [1.54, 1.807) is 0 Å². The van der Waals surface area contributed by atoms with Crippen LogP contribution in [0.5, 0.6) is 0 Å². The summed E-state index contributed by atoms with van der Waals surface area (Å²) < 4.78 is 38.6. The number of aliphatic hydroxyl groups is 1. The van der Waals surface area contributed by atoms with E-state index in [9.17, 15) is 18.3 Å². The summed E-state index contributed by atoms with van der Waals surface area (Å²) in [6.07, 6.45) is -6.01. The number of halogens is 4. The smallest absolute Gasteiger partial charge is 0.388 e. The molecule has 0 unspecified atom stereocenters. The van der Waals surface area contributed by atoms with Crippen LogP contribution in [-0.4, -0.2) is 21.4 Å². The Morgan fingerprint density at radius 1 is 1.56 bits per heavy atom. The van der Waals surface area contributed by atoms with Gasteiger partial charge in [0.25, 0.3) is 0 Å². The highest BCUT2D eigenvalue weighted by Gasteiger charge is 2.40. The molecule has 0 amide bonds. The van der Waals surface area contributed by atoms with Gasteiger partial charge in [-0.2, -0.15) is 18.3 Å². The van der Waals surface area contributed by atoms with Crippen LogP contribution in [0.25, 0.3) is 0 Å². The maximum absolute atomic E-state index is 12.6. The van der Waals surface area contributed by atoms with E-state index in [0.717, 1.165) is 4.68 Å². The third kappa shape index (κ3) is 2.47. The van der Waals surface area contributed by atoms with Crippen LogP contribution < -0.4 is 5.73 Å². The first-order valence-electron chi connectivity index (χ1n) is 4.46. The Hall–Kier alpha value is -0.790. The molecular formula is C8H11ClF3N3O. The Labute approximate surface area is 94.8 Å². The van der Waals surface area contributed by atoms with Crippen LogP contribution in [0.3, 0.4) is 0 Å². The van der Waals surface area contributed by atoms with Gasteiger partial charge in [-0.05, 0) is 13.0 Å². The third-order valence-electron chi connectivity index (χ3n) is 2.05. The lowest BCUT2D eigenvalue weighted by molar-refractivity contribution is -0.143. The van der Waals surface area contributed by atoms with Gasteiger partial charge in [0.1, 0.15) is 5.15 Å². The number of aliphatic hydroxyl groups excluding tert-OH is 1. The first-order valence-corrected chi connectivity index (χ1v) is 4.84. The van der Waals surface area contributed by atoms with E-state index in [4.69, 9.17) is 17.3 Å². The molecule has 1 rings (SSSR count). The number of rotatable bonds is 3. The van der Waals surface area contributed by atoms with Gasteiger partial charge in [0.05, 0.1) is 11.7 Å². The van der Waals surface area contributed by atoms with Gasteiger partial charge in [0, 0.05) is 7.05 Å². The van der Waals surface area contributed by atoms with Crippen LogP contribution in [0, 0.1) is 0 Å². The van der Waals surface area contributed by atoms with Crippen molar-refractivity contribution in [1.82, 2.24) is 9.78 Å². The van der Waals surface area contributed by atoms with Crippen molar-refractivity contribution < 1.29 is 18.3 Å². The van der Waals surface area contributed by atoms with Crippen molar-refractivity contribution in [2.75, 3.05) is 6.54 Å². The zero-order valence-corrected chi connectivity index (χ0v) is 9.18. The average Bonchev–Trinajstić information content (AvgIpc) is 2.43. The molecular weight excluding hydrogens is 247 g/mol. The minimum atomic E-state index is -4.64. The van der Waals surface area contributed by atoms with Crippen LogP contribution in [0.2, 0.25) is 5.15 Å². The average molecular weight is 258 g/mol. The number of alkyl halides is 3. The number of nitrogens with zero attached hydrogens (tertiary/aromatic N) is 2. The number of aromatic nitrogens is 2. The second-order valence-electron chi connectivity index (χ2n) is 3.27. The molecule has 1 aromatic heterocycles. The van der Waals surface area contributed by atoms with E-state index in [0.29, 0.717) is 0 Å². The zero-order chi connectivity index (χ0) is 12.5. The predicted molar refractivity (Wildman–Crippen MR) is 51.9 cm³/mol. The van der Waals surface area contributed by atoms with Crippen molar-refractivity contribution in [3.63, 3.8) is 0 Å². The summed E-state index contributed by atoms with van der Waals surface area (Å²) in [4.78, 5) is 0. The molecule has 0 aliphatic heterocycles. The largest absolute Gasteiger partial charge is 0.435 e. The molecule has 0 saturated carbocycles. The Morgan fingerprint density at radius 3 is 2.56 bits per heavy atom. The fourth-order valence-corrected chi connectivity index (χ4v) is 1.58. The van der Waals surface area contributed by atoms with E-state index in [2.05, 4.69) is 5.10 Å². The van der Waals surface area contributed by atoms with Crippen LogP contribution in [-0.2, 0) is 13.2 Å². The molecule has 4 nitrogen and oxygen atoms in total. The van der Waals surface area contributed by atoms with E-state index >= 15 is 0 Å². The number of hydrogen-bond donors (Lipinski definition) is 2. The molecule has 0 radical (unpaired) electrons. The van der Waals surface area contributed by atoms with Gasteiger partial charge in [0.2, 0.25) is 0 Å². The van der Waals surface area contributed by atoms with E-state index in [-0.39, 0.29) is 18.1 Å². The van der Waals surface area contributed by atoms with Crippen LogP contribution in [0.1, 0.15) is 23.8 Å². The van der Waals surface area contributed by atoms with Crippen molar-refractivity contribution >= 4 is 11.6 Å². The summed E-state index contributed by atoms with van der Waals surface area (Å²) in [5, 5.41) is 12.6. The van der Waals surface area contributed by atoms with Crippen molar-refractivity contribution in [3.8, 4) is 0 Å². The number of hydrogen-bond acceptors (Lipinski definition) is 3. The fourth-order valence-electron chi connectivity index (χ4n) is 1.33. The Morgan fingerprint density at radius 2 is 2.12 bits per heavy atom. The Kier molecular flexibility index (Phi) is 3.82. The highest BCUT2D eigenvalue weighted by Crippen LogP contribution is 2.38. The lowest BCUT2D eigenvalue weighted by Gasteiger charge is -2.11. The van der Waals surface area contributed by atoms with Gasteiger partial charge < -0.3 is 10.8 Å². The summed E-state index contributed by atoms with van der Waals surface area (Å²) in [6.45, 7) is 0.0592. The molecule has 0 spiro atoms. The second kappa shape index (κ2) is 4.60. The summed E-state index contributed by atoms with van der Waals surface area (Å²) >= 11 is 5.65. The summed E-state index contributed by atoms with van der Waals surface area (Å²) in [5.74, 6) is 0. The van der Waals surface area contributed by atoms with Gasteiger partial charge >= 0.3 is 6.18 Å². The molecule has 16 heavy (non-hydrogen) atoms. The van der Waals surface area contributed by atoms with Gasteiger partial charge in [-0.1, -0.05) is 11.6 Å². The highest BCUT2D eigenvalue weighted by atomic mass is 35.5. The molecule has 0 aliphatic rings. The SMILES string of the molecule is Cn1nc(C(F)(F)F)c([C@H](O)CCN)c1Cl. The van der Waals surface area contributed by atoms with Crippen LogP contribution >= 0.6 is 11.6 Å². The number of nitrogens with two attached hydrogens (primary N) is 1. The fraction of sp³-hybridized carbons (Fsp3) is 0.625. The van der Waals surface area contributed by atoms with E-state index < -0.39 is 23.5 Å². The molecule has 92 valence electrons. The molecule has 0 saturated heterocycles. The molecule has 1 atom stereocenters. The predicted octanol–water partition coefficient (Wildman–Crippen LogP) is 1.47.